The summed E-state index contributed by atoms with van der Waals surface area (Å²) >= 11 is 0. The van der Waals surface area contributed by atoms with Gasteiger partial charge in [0.1, 0.15) is 5.82 Å². The van der Waals surface area contributed by atoms with Crippen molar-refractivity contribution in [3.63, 3.8) is 0 Å². The molecule has 1 aromatic heterocycles. The van der Waals surface area contributed by atoms with Gasteiger partial charge in [0.15, 0.2) is 0 Å². The Labute approximate surface area is 108 Å². The number of carbonyl (C=O) groups is 1. The fourth-order valence-electron chi connectivity index (χ4n) is 2.16. The van der Waals surface area contributed by atoms with Crippen molar-refractivity contribution in [2.45, 2.75) is 39.2 Å². The number of nitrogens with zero attached hydrogens (tertiary/aromatic N) is 2. The number of piperidine rings is 1. The summed E-state index contributed by atoms with van der Waals surface area (Å²) in [6, 6.07) is 4.10. The first-order chi connectivity index (χ1) is 8.79. The molecule has 0 atom stereocenters. The molecule has 0 bridgehead atoms. The molecule has 1 fully saturated rings. The molecule has 1 aliphatic heterocycles. The van der Waals surface area contributed by atoms with Crippen LogP contribution in [0.4, 0.5) is 5.82 Å². The van der Waals surface area contributed by atoms with E-state index in [2.05, 4.69) is 21.3 Å². The Balaban J connectivity index is 1.90. The Morgan fingerprint density at radius 3 is 2.72 bits per heavy atom. The number of anilines is 1. The average Bonchev–Trinajstić information content (AvgIpc) is 2.46. The predicted molar refractivity (Wildman–Crippen MR) is 72.4 cm³/mol. The first-order valence-electron chi connectivity index (χ1n) is 6.76. The van der Waals surface area contributed by atoms with Gasteiger partial charge in [-0.05, 0) is 30.9 Å². The van der Waals surface area contributed by atoms with Crippen molar-refractivity contribution in [1.29, 1.82) is 0 Å². The van der Waals surface area contributed by atoms with E-state index in [1.54, 1.807) is 0 Å². The lowest BCUT2D eigenvalue weighted by Crippen LogP contribution is -2.30. The van der Waals surface area contributed by atoms with Crippen LogP contribution in [0.3, 0.4) is 0 Å². The van der Waals surface area contributed by atoms with Crippen LogP contribution in [0.5, 0.6) is 0 Å². The van der Waals surface area contributed by atoms with Crippen LogP contribution in [0.1, 0.15) is 38.2 Å². The number of hydrogen-bond acceptors (Lipinski definition) is 3. The monoisotopic (exact) mass is 247 g/mol. The third kappa shape index (κ3) is 3.45. The largest absolute Gasteiger partial charge is 0.357 e. The minimum Gasteiger partial charge on any atom is -0.357 e. The lowest BCUT2D eigenvalue weighted by atomic mass is 10.1. The van der Waals surface area contributed by atoms with E-state index in [0.29, 0.717) is 13.0 Å². The molecule has 2 rings (SSSR count). The number of nitrogens with one attached hydrogen (secondary N) is 1. The molecule has 0 radical (unpaired) electrons. The minimum absolute atomic E-state index is 0.0788. The topological polar surface area (TPSA) is 45.2 Å². The maximum absolute atomic E-state index is 11.2. The van der Waals surface area contributed by atoms with Crippen LogP contribution >= 0.6 is 0 Å². The Morgan fingerprint density at radius 2 is 2.11 bits per heavy atom. The van der Waals surface area contributed by atoms with Crippen molar-refractivity contribution in [3.05, 3.63) is 23.9 Å². The molecule has 1 aromatic rings. The molecule has 0 spiro atoms. The lowest BCUT2D eigenvalue weighted by Gasteiger charge is -2.27. The highest BCUT2D eigenvalue weighted by molar-refractivity contribution is 5.75. The van der Waals surface area contributed by atoms with Gasteiger partial charge in [0, 0.05) is 32.3 Å². The van der Waals surface area contributed by atoms with Crippen molar-refractivity contribution >= 4 is 11.7 Å². The smallest absolute Gasteiger partial charge is 0.219 e. The van der Waals surface area contributed by atoms with Gasteiger partial charge >= 0.3 is 0 Å². The molecule has 98 valence electrons. The maximum Gasteiger partial charge on any atom is 0.219 e. The molecule has 2 heterocycles. The van der Waals surface area contributed by atoms with E-state index < -0.39 is 0 Å². The lowest BCUT2D eigenvalue weighted by molar-refractivity contribution is -0.120. The van der Waals surface area contributed by atoms with Gasteiger partial charge in [-0.1, -0.05) is 13.0 Å². The van der Waals surface area contributed by atoms with Crippen LogP contribution in [0, 0.1) is 0 Å². The van der Waals surface area contributed by atoms with Crippen LogP contribution < -0.4 is 10.2 Å². The Bertz CT molecular complexity index is 383. The van der Waals surface area contributed by atoms with Gasteiger partial charge in [-0.3, -0.25) is 4.79 Å². The second kappa shape index (κ2) is 6.38. The fraction of sp³-hybridized carbons (Fsp3) is 0.571. The van der Waals surface area contributed by atoms with Crippen molar-refractivity contribution < 1.29 is 4.79 Å². The van der Waals surface area contributed by atoms with Crippen molar-refractivity contribution in [1.82, 2.24) is 10.3 Å². The van der Waals surface area contributed by atoms with Crippen molar-refractivity contribution in [2.75, 3.05) is 18.0 Å². The second-order valence-corrected chi connectivity index (χ2v) is 4.70. The number of carbonyl (C=O) groups excluding carboxylic acids is 1. The zero-order valence-corrected chi connectivity index (χ0v) is 11.0. The molecular formula is C14H21N3O. The van der Waals surface area contributed by atoms with Gasteiger partial charge in [-0.2, -0.15) is 0 Å². The summed E-state index contributed by atoms with van der Waals surface area (Å²) in [5.41, 5.74) is 1.05. The highest BCUT2D eigenvalue weighted by Crippen LogP contribution is 2.17. The van der Waals surface area contributed by atoms with Crippen molar-refractivity contribution in [3.8, 4) is 0 Å². The van der Waals surface area contributed by atoms with Crippen LogP contribution in [0.15, 0.2) is 18.3 Å². The molecule has 0 aromatic carbocycles. The van der Waals surface area contributed by atoms with Gasteiger partial charge in [0.2, 0.25) is 5.91 Å². The summed E-state index contributed by atoms with van der Waals surface area (Å²) in [4.78, 5) is 18.0. The highest BCUT2D eigenvalue weighted by Gasteiger charge is 2.11. The minimum atomic E-state index is 0.0788. The Morgan fingerprint density at radius 1 is 1.33 bits per heavy atom. The molecule has 1 aliphatic rings. The van der Waals surface area contributed by atoms with E-state index in [4.69, 9.17) is 0 Å². The van der Waals surface area contributed by atoms with E-state index >= 15 is 0 Å². The molecule has 1 saturated heterocycles. The zero-order valence-electron chi connectivity index (χ0n) is 11.0. The molecule has 4 heteroatoms. The third-order valence-corrected chi connectivity index (χ3v) is 3.30. The number of hydrogen-bond donors (Lipinski definition) is 1. The predicted octanol–water partition coefficient (Wildman–Crippen LogP) is 2.10. The molecule has 18 heavy (non-hydrogen) atoms. The van der Waals surface area contributed by atoms with Crippen LogP contribution in [-0.4, -0.2) is 24.0 Å². The SMILES string of the molecule is CCC(=O)NCc1ccc(N2CCCCC2)nc1. The average molecular weight is 247 g/mol. The number of amides is 1. The van der Waals surface area contributed by atoms with E-state index in [9.17, 15) is 4.79 Å². The molecule has 1 amide bonds. The molecule has 1 N–H and O–H groups in total. The summed E-state index contributed by atoms with van der Waals surface area (Å²) in [6.45, 7) is 4.64. The fourth-order valence-corrected chi connectivity index (χ4v) is 2.16. The van der Waals surface area contributed by atoms with Crippen LogP contribution in [0.25, 0.3) is 0 Å². The maximum atomic E-state index is 11.2. The first kappa shape index (κ1) is 12.9. The molecular weight excluding hydrogens is 226 g/mol. The third-order valence-electron chi connectivity index (χ3n) is 3.30. The van der Waals surface area contributed by atoms with Crippen LogP contribution in [-0.2, 0) is 11.3 Å². The summed E-state index contributed by atoms with van der Waals surface area (Å²) in [5.74, 6) is 1.13. The van der Waals surface area contributed by atoms with E-state index in [0.717, 1.165) is 24.5 Å². The molecule has 0 aliphatic carbocycles. The van der Waals surface area contributed by atoms with Gasteiger partial charge in [-0.15, -0.1) is 0 Å². The summed E-state index contributed by atoms with van der Waals surface area (Å²) in [7, 11) is 0. The summed E-state index contributed by atoms with van der Waals surface area (Å²) in [5, 5.41) is 2.86. The number of rotatable bonds is 4. The Hall–Kier alpha value is -1.58. The van der Waals surface area contributed by atoms with E-state index in [1.807, 2.05) is 19.2 Å². The first-order valence-corrected chi connectivity index (χ1v) is 6.76. The molecule has 0 unspecified atom stereocenters. The van der Waals surface area contributed by atoms with E-state index in [-0.39, 0.29) is 5.91 Å². The second-order valence-electron chi connectivity index (χ2n) is 4.70. The highest BCUT2D eigenvalue weighted by atomic mass is 16.1. The van der Waals surface area contributed by atoms with Gasteiger partial charge in [0.05, 0.1) is 0 Å². The summed E-state index contributed by atoms with van der Waals surface area (Å²) in [6.07, 6.45) is 6.24. The van der Waals surface area contributed by atoms with Crippen molar-refractivity contribution in [2.24, 2.45) is 0 Å². The standard InChI is InChI=1S/C14H21N3O/c1-2-14(18)16-11-12-6-7-13(15-10-12)17-8-4-3-5-9-17/h6-7,10H,2-5,8-9,11H2,1H3,(H,16,18). The number of aromatic nitrogens is 1. The van der Waals surface area contributed by atoms with E-state index in [1.165, 1.54) is 19.3 Å². The Kier molecular flexibility index (Phi) is 4.56. The normalized spacial score (nSPS) is 15.5. The van der Waals surface area contributed by atoms with Gasteiger partial charge in [-0.25, -0.2) is 4.98 Å². The molecule has 4 nitrogen and oxygen atoms in total. The summed E-state index contributed by atoms with van der Waals surface area (Å²) < 4.78 is 0. The van der Waals surface area contributed by atoms with Gasteiger partial charge < -0.3 is 10.2 Å². The van der Waals surface area contributed by atoms with Crippen LogP contribution in [0.2, 0.25) is 0 Å². The number of pyridine rings is 1. The molecule has 0 saturated carbocycles. The van der Waals surface area contributed by atoms with Gasteiger partial charge in [0.25, 0.3) is 0 Å². The zero-order chi connectivity index (χ0) is 12.8. The quantitative estimate of drug-likeness (QED) is 0.886.